The number of nitrogens with zero attached hydrogens (tertiary/aromatic N) is 4. The Morgan fingerprint density at radius 2 is 2.38 bits per heavy atom. The van der Waals surface area contributed by atoms with Gasteiger partial charge in [-0.1, -0.05) is 5.21 Å². The highest BCUT2D eigenvalue weighted by Gasteiger charge is 2.30. The van der Waals surface area contributed by atoms with E-state index in [1.807, 2.05) is 6.92 Å². The number of carboxylic acids is 1. The first-order valence-corrected chi connectivity index (χ1v) is 6.74. The number of rotatable bonds is 5. The smallest absolute Gasteiger partial charge is 0.358 e. The topological polar surface area (TPSA) is 110 Å². The Morgan fingerprint density at radius 3 is 2.95 bits per heavy atom. The molecule has 1 aliphatic rings. The molecule has 0 aromatic carbocycles. The Labute approximate surface area is 121 Å². The Bertz CT molecular complexity index is 518. The third-order valence-corrected chi connectivity index (χ3v) is 3.53. The first kappa shape index (κ1) is 15.2. The van der Waals surface area contributed by atoms with E-state index in [0.717, 1.165) is 6.42 Å². The van der Waals surface area contributed by atoms with Crippen molar-refractivity contribution >= 4 is 12.0 Å². The summed E-state index contributed by atoms with van der Waals surface area (Å²) in [6.07, 6.45) is 2.19. The van der Waals surface area contributed by atoms with E-state index in [4.69, 9.17) is 9.84 Å². The van der Waals surface area contributed by atoms with Crippen LogP contribution in [-0.4, -0.2) is 69.3 Å². The second-order valence-corrected chi connectivity index (χ2v) is 4.95. The lowest BCUT2D eigenvalue weighted by Gasteiger charge is -2.26. The highest BCUT2D eigenvalue weighted by molar-refractivity contribution is 5.84. The van der Waals surface area contributed by atoms with Crippen LogP contribution in [0.15, 0.2) is 6.20 Å². The van der Waals surface area contributed by atoms with Crippen LogP contribution < -0.4 is 5.32 Å². The van der Waals surface area contributed by atoms with Crippen molar-refractivity contribution in [3.05, 3.63) is 11.9 Å². The number of nitrogens with one attached hydrogen (secondary N) is 1. The number of hydrogen-bond acceptors (Lipinski definition) is 5. The summed E-state index contributed by atoms with van der Waals surface area (Å²) in [5.41, 5.74) is -0.115. The van der Waals surface area contributed by atoms with Gasteiger partial charge >= 0.3 is 12.0 Å². The lowest BCUT2D eigenvalue weighted by molar-refractivity contribution is 0.0690. The second-order valence-electron chi connectivity index (χ2n) is 4.95. The third kappa shape index (κ3) is 3.69. The molecule has 21 heavy (non-hydrogen) atoms. The summed E-state index contributed by atoms with van der Waals surface area (Å²) in [6, 6.07) is -0.106. The number of aromatic nitrogens is 3. The SMILES string of the molecule is CC1OCCC1N(C)C(=O)NCCn1cc(C(=O)O)nn1. The quantitative estimate of drug-likeness (QED) is 0.778. The average molecular weight is 297 g/mol. The number of carbonyl (C=O) groups excluding carboxylic acids is 1. The van der Waals surface area contributed by atoms with Crippen molar-refractivity contribution in [1.29, 1.82) is 0 Å². The molecule has 116 valence electrons. The predicted molar refractivity (Wildman–Crippen MR) is 72.0 cm³/mol. The first-order chi connectivity index (χ1) is 9.99. The fraction of sp³-hybridized carbons (Fsp3) is 0.667. The normalized spacial score (nSPS) is 21.2. The van der Waals surface area contributed by atoms with E-state index in [0.29, 0.717) is 19.7 Å². The van der Waals surface area contributed by atoms with Crippen LogP contribution in [0.2, 0.25) is 0 Å². The van der Waals surface area contributed by atoms with Gasteiger partial charge in [0.2, 0.25) is 0 Å². The van der Waals surface area contributed by atoms with E-state index in [1.165, 1.54) is 10.9 Å². The number of carbonyl (C=O) groups is 2. The number of hydrogen-bond donors (Lipinski definition) is 2. The number of carboxylic acid groups (broad SMARTS) is 1. The molecule has 1 aliphatic heterocycles. The number of aromatic carboxylic acids is 1. The zero-order valence-corrected chi connectivity index (χ0v) is 12.0. The lowest BCUT2D eigenvalue weighted by atomic mass is 10.1. The van der Waals surface area contributed by atoms with Crippen molar-refractivity contribution in [3.63, 3.8) is 0 Å². The van der Waals surface area contributed by atoms with Crippen LogP contribution >= 0.6 is 0 Å². The van der Waals surface area contributed by atoms with Crippen molar-refractivity contribution in [2.75, 3.05) is 20.2 Å². The third-order valence-electron chi connectivity index (χ3n) is 3.53. The van der Waals surface area contributed by atoms with Gasteiger partial charge in [0.25, 0.3) is 0 Å². The van der Waals surface area contributed by atoms with Gasteiger partial charge in [0.1, 0.15) is 0 Å². The minimum atomic E-state index is -1.12. The average Bonchev–Trinajstić information content (AvgIpc) is 3.06. The molecule has 2 N–H and O–H groups in total. The lowest BCUT2D eigenvalue weighted by Crippen LogP contribution is -2.46. The van der Waals surface area contributed by atoms with E-state index >= 15 is 0 Å². The molecule has 2 rings (SSSR count). The van der Waals surface area contributed by atoms with Gasteiger partial charge in [-0.15, -0.1) is 5.10 Å². The zero-order chi connectivity index (χ0) is 15.4. The van der Waals surface area contributed by atoms with Crippen LogP contribution in [0.4, 0.5) is 4.79 Å². The Hall–Kier alpha value is -2.16. The van der Waals surface area contributed by atoms with Gasteiger partial charge in [0, 0.05) is 20.2 Å². The van der Waals surface area contributed by atoms with Gasteiger partial charge in [0.15, 0.2) is 5.69 Å². The molecule has 9 heteroatoms. The van der Waals surface area contributed by atoms with Gasteiger partial charge in [-0.05, 0) is 13.3 Å². The largest absolute Gasteiger partial charge is 0.476 e. The summed E-state index contributed by atoms with van der Waals surface area (Å²) >= 11 is 0. The molecule has 1 aromatic rings. The molecule has 2 heterocycles. The number of amides is 2. The molecule has 0 spiro atoms. The van der Waals surface area contributed by atoms with Crippen LogP contribution in [0, 0.1) is 0 Å². The van der Waals surface area contributed by atoms with Crippen LogP contribution in [0.3, 0.4) is 0 Å². The number of ether oxygens (including phenoxy) is 1. The molecule has 0 saturated carbocycles. The fourth-order valence-electron chi connectivity index (χ4n) is 2.29. The molecule has 1 fully saturated rings. The summed E-state index contributed by atoms with van der Waals surface area (Å²) in [5.74, 6) is -1.12. The minimum absolute atomic E-state index is 0.0363. The summed E-state index contributed by atoms with van der Waals surface area (Å²) in [4.78, 5) is 24.3. The highest BCUT2D eigenvalue weighted by atomic mass is 16.5. The minimum Gasteiger partial charge on any atom is -0.476 e. The van der Waals surface area contributed by atoms with Crippen molar-refractivity contribution in [1.82, 2.24) is 25.2 Å². The molecule has 2 amide bonds. The summed E-state index contributed by atoms with van der Waals surface area (Å²) in [7, 11) is 1.74. The van der Waals surface area contributed by atoms with Crippen molar-refractivity contribution in [3.8, 4) is 0 Å². The molecule has 9 nitrogen and oxygen atoms in total. The fourth-order valence-corrected chi connectivity index (χ4v) is 2.29. The van der Waals surface area contributed by atoms with E-state index in [1.54, 1.807) is 11.9 Å². The molecule has 2 atom stereocenters. The van der Waals surface area contributed by atoms with Gasteiger partial charge in [-0.3, -0.25) is 0 Å². The summed E-state index contributed by atoms with van der Waals surface area (Å²) < 4.78 is 6.82. The maximum Gasteiger partial charge on any atom is 0.358 e. The van der Waals surface area contributed by atoms with Gasteiger partial charge in [-0.25, -0.2) is 14.3 Å². The zero-order valence-electron chi connectivity index (χ0n) is 12.0. The number of likely N-dealkylation sites (N-methyl/N-ethyl adjacent to an activating group) is 1. The molecule has 0 radical (unpaired) electrons. The van der Waals surface area contributed by atoms with Crippen LogP contribution in [-0.2, 0) is 11.3 Å². The van der Waals surface area contributed by atoms with Crippen LogP contribution in [0.1, 0.15) is 23.8 Å². The van der Waals surface area contributed by atoms with Crippen molar-refractivity contribution < 1.29 is 19.4 Å². The van der Waals surface area contributed by atoms with Crippen molar-refractivity contribution in [2.45, 2.75) is 32.0 Å². The van der Waals surface area contributed by atoms with Gasteiger partial charge in [0.05, 0.1) is 24.9 Å². The van der Waals surface area contributed by atoms with E-state index in [9.17, 15) is 9.59 Å². The second kappa shape index (κ2) is 6.53. The van der Waals surface area contributed by atoms with Gasteiger partial charge < -0.3 is 20.1 Å². The highest BCUT2D eigenvalue weighted by Crippen LogP contribution is 2.17. The molecule has 2 unspecified atom stereocenters. The van der Waals surface area contributed by atoms with E-state index < -0.39 is 5.97 Å². The van der Waals surface area contributed by atoms with E-state index in [2.05, 4.69) is 15.6 Å². The van der Waals surface area contributed by atoms with Gasteiger partial charge in [-0.2, -0.15) is 0 Å². The van der Waals surface area contributed by atoms with Crippen LogP contribution in [0.25, 0.3) is 0 Å². The maximum absolute atomic E-state index is 12.0. The van der Waals surface area contributed by atoms with E-state index in [-0.39, 0.29) is 23.9 Å². The summed E-state index contributed by atoms with van der Waals surface area (Å²) in [5, 5.41) is 18.7. The molecular weight excluding hydrogens is 278 g/mol. The molecule has 1 saturated heterocycles. The first-order valence-electron chi connectivity index (χ1n) is 6.74. The Balaban J connectivity index is 1.77. The molecule has 0 bridgehead atoms. The van der Waals surface area contributed by atoms with Crippen molar-refractivity contribution in [2.24, 2.45) is 0 Å². The Morgan fingerprint density at radius 1 is 1.62 bits per heavy atom. The molecular formula is C12H19N5O4. The predicted octanol–water partition coefficient (Wildman–Crippen LogP) is -0.205. The monoisotopic (exact) mass is 297 g/mol. The van der Waals surface area contributed by atoms with Crippen LogP contribution in [0.5, 0.6) is 0 Å². The number of urea groups is 1. The maximum atomic E-state index is 12.0. The Kier molecular flexibility index (Phi) is 4.73. The standard InChI is InChI=1S/C12H19N5O4/c1-8-10(3-6-21-8)16(2)12(20)13-4-5-17-7-9(11(18)19)14-15-17/h7-8,10H,3-6H2,1-2H3,(H,13,20)(H,18,19). The molecule has 0 aliphatic carbocycles. The summed E-state index contributed by atoms with van der Waals surface area (Å²) in [6.45, 7) is 3.31. The molecule has 1 aromatic heterocycles.